The summed E-state index contributed by atoms with van der Waals surface area (Å²) < 4.78 is 18.2. The molecule has 0 aliphatic carbocycles. The fourth-order valence-corrected chi connectivity index (χ4v) is 5.75. The Bertz CT molecular complexity index is 1510. The van der Waals surface area contributed by atoms with Gasteiger partial charge >= 0.3 is 5.97 Å². The molecule has 0 saturated carbocycles. The average Bonchev–Trinajstić information content (AvgIpc) is 3.00. The summed E-state index contributed by atoms with van der Waals surface area (Å²) in [5, 5.41) is 5.74. The number of methoxy groups -OCH3 is 1. The molecule has 0 bridgehead atoms. The number of benzene rings is 4. The molecule has 2 aliphatic rings. The summed E-state index contributed by atoms with van der Waals surface area (Å²) >= 11 is 0. The maximum atomic E-state index is 12.4. The van der Waals surface area contributed by atoms with Gasteiger partial charge < -0.3 is 24.4 Å². The molecular formula is C33H34N2O5. The first-order valence-corrected chi connectivity index (χ1v) is 13.9. The van der Waals surface area contributed by atoms with Gasteiger partial charge in [-0.3, -0.25) is 0 Å². The molecule has 0 radical (unpaired) electrons. The van der Waals surface area contributed by atoms with E-state index in [1.807, 2.05) is 30.3 Å². The highest BCUT2D eigenvalue weighted by Crippen LogP contribution is 2.48. The second-order valence-electron chi connectivity index (χ2n) is 10.3. The molecule has 2 aliphatic heterocycles. The molecule has 0 spiro atoms. The van der Waals surface area contributed by atoms with Gasteiger partial charge in [-0.1, -0.05) is 36.8 Å². The monoisotopic (exact) mass is 538 g/mol. The van der Waals surface area contributed by atoms with Gasteiger partial charge in [-0.05, 0) is 90.2 Å². The third kappa shape index (κ3) is 5.22. The van der Waals surface area contributed by atoms with Crippen LogP contribution >= 0.6 is 0 Å². The van der Waals surface area contributed by atoms with Crippen LogP contribution in [0, 0.1) is 0 Å². The maximum absolute atomic E-state index is 12.4. The van der Waals surface area contributed by atoms with Crippen LogP contribution in [-0.4, -0.2) is 39.3 Å². The van der Waals surface area contributed by atoms with Crippen molar-refractivity contribution in [3.8, 4) is 28.4 Å². The lowest BCUT2D eigenvalue weighted by molar-refractivity contribution is 0.0309. The van der Waals surface area contributed by atoms with Crippen LogP contribution < -0.4 is 25.0 Å². The van der Waals surface area contributed by atoms with E-state index in [0.29, 0.717) is 24.0 Å². The molecule has 0 amide bonds. The summed E-state index contributed by atoms with van der Waals surface area (Å²) in [7, 11) is 3.23. The Morgan fingerprint density at radius 3 is 2.58 bits per heavy atom. The standard InChI is InChI=1S/C33H34N2O5/c1-34-40-33(36)23-9-13-28-29-14-8-22-19-26(37-2)12-15-27(22)31(29)32(39-30(28)20-23)21-6-10-25(11-7-21)38-18-16-24-5-3-4-17-35-24/h6-15,19-20,24,32,34-35H,3-5,16-18H2,1-2H3. The first kappa shape index (κ1) is 26.2. The highest BCUT2D eigenvalue weighted by Gasteiger charge is 2.30. The van der Waals surface area contributed by atoms with E-state index < -0.39 is 5.97 Å². The topological polar surface area (TPSA) is 78.1 Å². The van der Waals surface area contributed by atoms with Crippen LogP contribution in [0.15, 0.2) is 72.8 Å². The quantitative estimate of drug-likeness (QED) is 0.259. The molecule has 1 saturated heterocycles. The number of nitrogens with one attached hydrogen (secondary N) is 2. The first-order valence-electron chi connectivity index (χ1n) is 13.9. The molecule has 1 fully saturated rings. The first-order chi connectivity index (χ1) is 19.6. The van der Waals surface area contributed by atoms with Crippen LogP contribution in [0.4, 0.5) is 0 Å². The lowest BCUT2D eigenvalue weighted by Crippen LogP contribution is -2.35. The smallest absolute Gasteiger partial charge is 0.356 e. The van der Waals surface area contributed by atoms with E-state index in [4.69, 9.17) is 19.0 Å². The molecule has 4 aromatic rings. The molecule has 7 heteroatoms. The van der Waals surface area contributed by atoms with Gasteiger partial charge in [0.05, 0.1) is 19.3 Å². The van der Waals surface area contributed by atoms with Gasteiger partial charge in [0.15, 0.2) is 6.10 Å². The molecule has 4 aromatic carbocycles. The second kappa shape index (κ2) is 11.6. The Morgan fingerprint density at radius 1 is 0.975 bits per heavy atom. The zero-order valence-electron chi connectivity index (χ0n) is 22.9. The number of hydrogen-bond acceptors (Lipinski definition) is 7. The average molecular weight is 539 g/mol. The molecule has 40 heavy (non-hydrogen) atoms. The third-order valence-electron chi connectivity index (χ3n) is 7.81. The van der Waals surface area contributed by atoms with E-state index in [-0.39, 0.29) is 6.10 Å². The van der Waals surface area contributed by atoms with Crippen molar-refractivity contribution in [2.75, 3.05) is 27.3 Å². The van der Waals surface area contributed by atoms with E-state index in [1.54, 1.807) is 26.3 Å². The maximum Gasteiger partial charge on any atom is 0.356 e. The Kier molecular flexibility index (Phi) is 7.58. The summed E-state index contributed by atoms with van der Waals surface area (Å²) in [6.07, 6.45) is 4.40. The molecule has 2 N–H and O–H groups in total. The summed E-state index contributed by atoms with van der Waals surface area (Å²) in [6.45, 7) is 1.79. The van der Waals surface area contributed by atoms with Gasteiger partial charge in [0.25, 0.3) is 0 Å². The van der Waals surface area contributed by atoms with Gasteiger partial charge in [-0.15, -0.1) is 0 Å². The third-order valence-corrected chi connectivity index (χ3v) is 7.81. The predicted octanol–water partition coefficient (Wildman–Crippen LogP) is 6.20. The van der Waals surface area contributed by atoms with E-state index in [0.717, 1.165) is 57.5 Å². The van der Waals surface area contributed by atoms with Gasteiger partial charge in [-0.25, -0.2) is 4.79 Å². The number of carbonyl (C=O) groups is 1. The van der Waals surface area contributed by atoms with Gasteiger partial charge in [-0.2, -0.15) is 5.48 Å². The zero-order chi connectivity index (χ0) is 27.5. The van der Waals surface area contributed by atoms with Crippen LogP contribution in [0.5, 0.6) is 17.2 Å². The largest absolute Gasteiger partial charge is 0.497 e. The predicted molar refractivity (Wildman–Crippen MR) is 155 cm³/mol. The van der Waals surface area contributed by atoms with Crippen molar-refractivity contribution in [1.82, 2.24) is 10.8 Å². The molecular weight excluding hydrogens is 504 g/mol. The zero-order valence-corrected chi connectivity index (χ0v) is 22.9. The minimum absolute atomic E-state index is 0.379. The Morgan fingerprint density at radius 2 is 1.80 bits per heavy atom. The lowest BCUT2D eigenvalue weighted by Gasteiger charge is -2.31. The minimum Gasteiger partial charge on any atom is -0.497 e. The van der Waals surface area contributed by atoms with Crippen LogP contribution in [-0.2, 0) is 4.84 Å². The van der Waals surface area contributed by atoms with Crippen molar-refractivity contribution >= 4 is 16.7 Å². The highest BCUT2D eigenvalue weighted by molar-refractivity contribution is 5.97. The Labute approximate surface area is 234 Å². The fraction of sp³-hybridized carbons (Fsp3) is 0.303. The summed E-state index contributed by atoms with van der Waals surface area (Å²) in [5.74, 6) is 1.82. The lowest BCUT2D eigenvalue weighted by atomic mass is 9.85. The summed E-state index contributed by atoms with van der Waals surface area (Å²) in [5.41, 5.74) is 6.94. The SMILES string of the molecule is CNOC(=O)c1ccc2c(c1)OC(c1ccc(OCCC3CCCCN3)cc1)c1c-2ccc2cc(OC)ccc12. The number of hydrogen-bond donors (Lipinski definition) is 2. The van der Waals surface area contributed by atoms with Gasteiger partial charge in [0.1, 0.15) is 17.2 Å². The highest BCUT2D eigenvalue weighted by atomic mass is 16.7. The minimum atomic E-state index is -0.466. The molecule has 2 heterocycles. The van der Waals surface area contributed by atoms with Gasteiger partial charge in [0.2, 0.25) is 0 Å². The van der Waals surface area contributed by atoms with E-state index >= 15 is 0 Å². The van der Waals surface area contributed by atoms with Crippen LogP contribution in [0.25, 0.3) is 21.9 Å². The van der Waals surface area contributed by atoms with E-state index in [9.17, 15) is 4.79 Å². The normalized spacial score (nSPS) is 17.9. The number of fused-ring (bicyclic) bond motifs is 5. The van der Waals surface area contributed by atoms with Crippen molar-refractivity contribution in [2.45, 2.75) is 37.8 Å². The van der Waals surface area contributed by atoms with Crippen molar-refractivity contribution in [1.29, 1.82) is 0 Å². The number of carbonyl (C=O) groups excluding carboxylic acids is 1. The number of hydroxylamine groups is 1. The molecule has 2 atom stereocenters. The number of ether oxygens (including phenoxy) is 3. The van der Waals surface area contributed by atoms with Crippen LogP contribution in [0.2, 0.25) is 0 Å². The molecule has 7 nitrogen and oxygen atoms in total. The molecule has 6 rings (SSSR count). The molecule has 0 aromatic heterocycles. The van der Waals surface area contributed by atoms with Crippen molar-refractivity contribution in [3.05, 3.63) is 89.5 Å². The Balaban J connectivity index is 1.34. The van der Waals surface area contributed by atoms with Crippen LogP contribution in [0.3, 0.4) is 0 Å². The van der Waals surface area contributed by atoms with E-state index in [2.05, 4.69) is 41.1 Å². The number of piperidine rings is 1. The van der Waals surface area contributed by atoms with Crippen molar-refractivity contribution in [3.63, 3.8) is 0 Å². The number of rotatable bonds is 8. The van der Waals surface area contributed by atoms with Gasteiger partial charge in [0, 0.05) is 24.2 Å². The van der Waals surface area contributed by atoms with Crippen molar-refractivity contribution < 1.29 is 23.8 Å². The molecule has 2 unspecified atom stereocenters. The Hall–Kier alpha value is -4.07. The van der Waals surface area contributed by atoms with Crippen molar-refractivity contribution in [2.24, 2.45) is 0 Å². The second-order valence-corrected chi connectivity index (χ2v) is 10.3. The van der Waals surface area contributed by atoms with Crippen LogP contribution in [0.1, 0.15) is 53.3 Å². The summed E-state index contributed by atoms with van der Waals surface area (Å²) in [4.78, 5) is 17.4. The van der Waals surface area contributed by atoms with E-state index in [1.165, 1.54) is 19.3 Å². The molecule has 206 valence electrons. The summed E-state index contributed by atoms with van der Waals surface area (Å²) in [6, 6.07) is 24.5. The fourth-order valence-electron chi connectivity index (χ4n) is 5.75.